The van der Waals surface area contributed by atoms with Gasteiger partial charge in [-0.3, -0.25) is 0 Å². The molecule has 1 rings (SSSR count). The van der Waals surface area contributed by atoms with Crippen LogP contribution in [0.5, 0.6) is 0 Å². The Morgan fingerprint density at radius 1 is 1.42 bits per heavy atom. The zero-order chi connectivity index (χ0) is 8.81. The summed E-state index contributed by atoms with van der Waals surface area (Å²) in [6.45, 7) is 2.61. The lowest BCUT2D eigenvalue weighted by Gasteiger charge is -2.20. The Hall–Kier alpha value is -0.570. The van der Waals surface area contributed by atoms with Crippen molar-refractivity contribution in [3.8, 4) is 0 Å². The lowest BCUT2D eigenvalue weighted by atomic mass is 9.96. The van der Waals surface area contributed by atoms with Gasteiger partial charge in [0.2, 0.25) is 0 Å². The van der Waals surface area contributed by atoms with E-state index in [4.69, 9.17) is 9.57 Å². The highest BCUT2D eigenvalue weighted by molar-refractivity contribution is 5.84. The molecule has 0 aromatic heterocycles. The van der Waals surface area contributed by atoms with Crippen LogP contribution in [0.2, 0.25) is 0 Å². The van der Waals surface area contributed by atoms with E-state index in [2.05, 4.69) is 5.16 Å². The molecule has 0 unspecified atom stereocenters. The predicted octanol–water partition coefficient (Wildman–Crippen LogP) is 1.97. The Balaban J connectivity index is 2.25. The molecule has 0 N–H and O–H groups in total. The van der Waals surface area contributed by atoms with E-state index >= 15 is 0 Å². The highest BCUT2D eigenvalue weighted by atomic mass is 16.6. The van der Waals surface area contributed by atoms with Gasteiger partial charge in [0.1, 0.15) is 6.61 Å². The van der Waals surface area contributed by atoms with E-state index in [9.17, 15) is 0 Å². The molecule has 0 radical (unpaired) electrons. The minimum absolute atomic E-state index is 0.436. The molecule has 0 aliphatic heterocycles. The molecule has 1 aliphatic carbocycles. The SMILES string of the molecule is CCON=C1CCC(OC)CC1. The van der Waals surface area contributed by atoms with Gasteiger partial charge in [0.05, 0.1) is 11.8 Å². The van der Waals surface area contributed by atoms with Crippen LogP contribution in [0.1, 0.15) is 32.6 Å². The monoisotopic (exact) mass is 171 g/mol. The van der Waals surface area contributed by atoms with Crippen LogP contribution >= 0.6 is 0 Å². The van der Waals surface area contributed by atoms with Gasteiger partial charge in [0.25, 0.3) is 0 Å². The second-order valence-corrected chi connectivity index (χ2v) is 3.01. The first kappa shape index (κ1) is 9.52. The zero-order valence-electron chi connectivity index (χ0n) is 7.88. The maximum absolute atomic E-state index is 5.25. The van der Waals surface area contributed by atoms with Gasteiger partial charge >= 0.3 is 0 Å². The summed E-state index contributed by atoms with van der Waals surface area (Å²) in [4.78, 5) is 4.99. The van der Waals surface area contributed by atoms with Crippen LogP contribution in [-0.4, -0.2) is 25.5 Å². The Morgan fingerprint density at radius 3 is 2.58 bits per heavy atom. The molecule has 3 heteroatoms. The highest BCUT2D eigenvalue weighted by Gasteiger charge is 2.16. The fourth-order valence-electron chi connectivity index (χ4n) is 1.41. The maximum atomic E-state index is 5.25. The van der Waals surface area contributed by atoms with Crippen molar-refractivity contribution in [3.63, 3.8) is 0 Å². The molecular weight excluding hydrogens is 154 g/mol. The largest absolute Gasteiger partial charge is 0.396 e. The second kappa shape index (κ2) is 5.14. The minimum Gasteiger partial charge on any atom is -0.396 e. The normalized spacial score (nSPS) is 23.8. The Morgan fingerprint density at radius 2 is 2.08 bits per heavy atom. The third kappa shape index (κ3) is 2.81. The van der Waals surface area contributed by atoms with Gasteiger partial charge in [-0.05, 0) is 32.6 Å². The van der Waals surface area contributed by atoms with Crippen molar-refractivity contribution in [2.45, 2.75) is 38.7 Å². The molecular formula is C9H17NO2. The number of rotatable bonds is 3. The lowest BCUT2D eigenvalue weighted by molar-refractivity contribution is 0.0842. The van der Waals surface area contributed by atoms with Crippen molar-refractivity contribution >= 4 is 5.71 Å². The van der Waals surface area contributed by atoms with Crippen molar-refractivity contribution in [2.24, 2.45) is 5.16 Å². The number of ether oxygens (including phenoxy) is 1. The molecule has 1 fully saturated rings. The van der Waals surface area contributed by atoms with Crippen LogP contribution in [0.15, 0.2) is 5.16 Å². The van der Waals surface area contributed by atoms with E-state index in [1.807, 2.05) is 6.92 Å². The summed E-state index contributed by atoms with van der Waals surface area (Å²) in [6, 6.07) is 0. The molecule has 0 aromatic carbocycles. The van der Waals surface area contributed by atoms with Crippen molar-refractivity contribution in [1.82, 2.24) is 0 Å². The quantitative estimate of drug-likeness (QED) is 0.608. The molecule has 1 aliphatic rings. The summed E-state index contributed by atoms with van der Waals surface area (Å²) in [5.74, 6) is 0. The third-order valence-electron chi connectivity index (χ3n) is 2.17. The fraction of sp³-hybridized carbons (Fsp3) is 0.889. The number of oxime groups is 1. The van der Waals surface area contributed by atoms with Gasteiger partial charge in [0.15, 0.2) is 0 Å². The van der Waals surface area contributed by atoms with Gasteiger partial charge in [-0.15, -0.1) is 0 Å². The number of hydrogen-bond donors (Lipinski definition) is 0. The average Bonchev–Trinajstić information content (AvgIpc) is 2.15. The van der Waals surface area contributed by atoms with Crippen LogP contribution in [0, 0.1) is 0 Å². The Bertz CT molecular complexity index is 147. The smallest absolute Gasteiger partial charge is 0.114 e. The lowest BCUT2D eigenvalue weighted by Crippen LogP contribution is -2.20. The summed E-state index contributed by atoms with van der Waals surface area (Å²) in [7, 11) is 1.77. The van der Waals surface area contributed by atoms with Gasteiger partial charge in [-0.1, -0.05) is 5.16 Å². The van der Waals surface area contributed by atoms with Crippen molar-refractivity contribution in [2.75, 3.05) is 13.7 Å². The van der Waals surface area contributed by atoms with Crippen molar-refractivity contribution in [3.05, 3.63) is 0 Å². The van der Waals surface area contributed by atoms with Gasteiger partial charge in [-0.2, -0.15) is 0 Å². The highest BCUT2D eigenvalue weighted by Crippen LogP contribution is 2.18. The average molecular weight is 171 g/mol. The van der Waals surface area contributed by atoms with Gasteiger partial charge in [0, 0.05) is 7.11 Å². The number of hydrogen-bond acceptors (Lipinski definition) is 3. The van der Waals surface area contributed by atoms with Crippen molar-refractivity contribution < 1.29 is 9.57 Å². The van der Waals surface area contributed by atoms with Gasteiger partial charge < -0.3 is 9.57 Å². The minimum atomic E-state index is 0.436. The molecule has 0 spiro atoms. The Kier molecular flexibility index (Phi) is 4.08. The van der Waals surface area contributed by atoms with Crippen LogP contribution < -0.4 is 0 Å². The van der Waals surface area contributed by atoms with Crippen LogP contribution in [-0.2, 0) is 9.57 Å². The standard InChI is InChI=1S/C9H17NO2/c1-3-12-10-8-4-6-9(11-2)7-5-8/h9H,3-7H2,1-2H3. The summed E-state index contributed by atoms with van der Waals surface area (Å²) < 4.78 is 5.25. The predicted molar refractivity (Wildman–Crippen MR) is 48.3 cm³/mol. The molecule has 1 saturated carbocycles. The molecule has 0 aromatic rings. The van der Waals surface area contributed by atoms with Gasteiger partial charge in [-0.25, -0.2) is 0 Å². The third-order valence-corrected chi connectivity index (χ3v) is 2.17. The molecule has 0 atom stereocenters. The summed E-state index contributed by atoms with van der Waals surface area (Å²) >= 11 is 0. The second-order valence-electron chi connectivity index (χ2n) is 3.01. The molecule has 3 nitrogen and oxygen atoms in total. The van der Waals surface area contributed by atoms with E-state index in [-0.39, 0.29) is 0 Å². The topological polar surface area (TPSA) is 30.8 Å². The van der Waals surface area contributed by atoms with E-state index in [0.29, 0.717) is 12.7 Å². The molecule has 0 bridgehead atoms. The number of nitrogens with zero attached hydrogens (tertiary/aromatic N) is 1. The first-order chi connectivity index (χ1) is 5.86. The first-order valence-electron chi connectivity index (χ1n) is 4.57. The van der Waals surface area contributed by atoms with Crippen LogP contribution in [0.3, 0.4) is 0 Å². The van der Waals surface area contributed by atoms with Crippen molar-refractivity contribution in [1.29, 1.82) is 0 Å². The van der Waals surface area contributed by atoms with E-state index in [0.717, 1.165) is 25.7 Å². The summed E-state index contributed by atoms with van der Waals surface area (Å²) in [6.07, 6.45) is 4.66. The molecule has 0 heterocycles. The van der Waals surface area contributed by atoms with Crippen LogP contribution in [0.4, 0.5) is 0 Å². The maximum Gasteiger partial charge on any atom is 0.114 e. The molecule has 0 amide bonds. The van der Waals surface area contributed by atoms with E-state index in [1.54, 1.807) is 7.11 Å². The van der Waals surface area contributed by atoms with Crippen LogP contribution in [0.25, 0.3) is 0 Å². The molecule has 12 heavy (non-hydrogen) atoms. The number of methoxy groups -OCH3 is 1. The summed E-state index contributed by atoms with van der Waals surface area (Å²) in [5, 5.41) is 4.03. The fourth-order valence-corrected chi connectivity index (χ4v) is 1.41. The first-order valence-corrected chi connectivity index (χ1v) is 4.57. The molecule has 0 saturated heterocycles. The molecule has 70 valence electrons. The van der Waals surface area contributed by atoms with E-state index in [1.165, 1.54) is 5.71 Å². The van der Waals surface area contributed by atoms with E-state index < -0.39 is 0 Å². The zero-order valence-corrected chi connectivity index (χ0v) is 7.88. The Labute approximate surface area is 73.7 Å². The summed E-state index contributed by atoms with van der Waals surface area (Å²) in [5.41, 5.74) is 1.19.